The molecule has 0 aliphatic carbocycles. The molecule has 0 aromatic carbocycles. The molecule has 0 spiro atoms. The molecule has 0 amide bonds. The lowest BCUT2D eigenvalue weighted by Gasteiger charge is -1.83. The lowest BCUT2D eigenvalue weighted by molar-refractivity contribution is 1.05. The number of nitrogens with zero attached hydrogens (tertiary/aromatic N) is 2. The van der Waals surface area contributed by atoms with Gasteiger partial charge in [0, 0.05) is 11.6 Å². The Morgan fingerprint density at radius 1 is 1.71 bits per heavy atom. The van der Waals surface area contributed by atoms with Crippen LogP contribution >= 0.6 is 12.2 Å². The average molecular weight is 112 g/mol. The van der Waals surface area contributed by atoms with Crippen molar-refractivity contribution in [3.05, 3.63) is 12.3 Å². The third-order valence-electron chi connectivity index (χ3n) is 0.689. The zero-order valence-electron chi connectivity index (χ0n) is 3.61. The maximum Gasteiger partial charge on any atom is 0.119 e. The Hall–Kier alpha value is -0.570. The molecule has 0 bridgehead atoms. The summed E-state index contributed by atoms with van der Waals surface area (Å²) in [5.74, 6) is 0. The smallest absolute Gasteiger partial charge is 0.119 e. The van der Waals surface area contributed by atoms with Crippen LogP contribution in [0.15, 0.2) is 22.5 Å². The van der Waals surface area contributed by atoms with Crippen molar-refractivity contribution < 1.29 is 0 Å². The number of hydrogen-bond acceptors (Lipinski definition) is 3. The minimum absolute atomic E-state index is 0.0648. The highest BCUT2D eigenvalue weighted by atomic mass is 32.1. The van der Waals surface area contributed by atoms with Crippen molar-refractivity contribution in [2.75, 3.05) is 0 Å². The number of rotatable bonds is 1. The van der Waals surface area contributed by atoms with Crippen molar-refractivity contribution in [2.24, 2.45) is 10.2 Å². The first-order chi connectivity index (χ1) is 3.43. The van der Waals surface area contributed by atoms with Crippen LogP contribution in [0.3, 0.4) is 0 Å². The van der Waals surface area contributed by atoms with Gasteiger partial charge in [-0.05, 0) is 6.08 Å². The molecule has 1 unspecified atom stereocenters. The highest BCUT2D eigenvalue weighted by molar-refractivity contribution is 7.79. The Morgan fingerprint density at radius 2 is 2.57 bits per heavy atom. The van der Waals surface area contributed by atoms with Gasteiger partial charge in [-0.2, -0.15) is 10.2 Å². The number of azo groups is 1. The molecule has 1 heterocycles. The van der Waals surface area contributed by atoms with E-state index in [-0.39, 0.29) is 6.04 Å². The molecule has 0 saturated heterocycles. The molecule has 0 aromatic rings. The summed E-state index contributed by atoms with van der Waals surface area (Å²) in [5.41, 5.74) is 0. The predicted molar refractivity (Wildman–Crippen MR) is 31.4 cm³/mol. The summed E-state index contributed by atoms with van der Waals surface area (Å²) in [6.45, 7) is 0. The zero-order chi connectivity index (χ0) is 5.11. The van der Waals surface area contributed by atoms with E-state index in [0.717, 1.165) is 0 Å². The van der Waals surface area contributed by atoms with E-state index in [2.05, 4.69) is 22.4 Å². The molecule has 0 aromatic heterocycles. The highest BCUT2D eigenvalue weighted by Crippen LogP contribution is 1.99. The van der Waals surface area contributed by atoms with Gasteiger partial charge < -0.3 is 0 Å². The first-order valence-corrected chi connectivity index (χ1v) is 2.42. The highest BCUT2D eigenvalue weighted by Gasteiger charge is 1.97. The van der Waals surface area contributed by atoms with E-state index in [1.807, 2.05) is 6.08 Å². The van der Waals surface area contributed by atoms with E-state index < -0.39 is 0 Å². The molecule has 1 atom stereocenters. The maximum absolute atomic E-state index is 4.58. The normalized spacial score (nSPS) is 26.0. The fraction of sp³-hybridized carbons (Fsp3) is 0.250. The van der Waals surface area contributed by atoms with Crippen molar-refractivity contribution in [3.63, 3.8) is 0 Å². The SMILES string of the molecule is S=CC1C=CN=N1. The second-order valence-corrected chi connectivity index (χ2v) is 1.47. The second kappa shape index (κ2) is 1.93. The van der Waals surface area contributed by atoms with E-state index >= 15 is 0 Å². The standard InChI is InChI=1S/C4H4N2S/c7-3-4-1-2-5-6-4/h1-4H. The third-order valence-corrected chi connectivity index (χ3v) is 0.968. The summed E-state index contributed by atoms with van der Waals surface area (Å²) in [4.78, 5) is 0. The van der Waals surface area contributed by atoms with Crippen LogP contribution in [0.1, 0.15) is 0 Å². The fourth-order valence-corrected chi connectivity index (χ4v) is 0.498. The Kier molecular flexibility index (Phi) is 1.26. The Bertz CT molecular complexity index is 116. The van der Waals surface area contributed by atoms with Gasteiger partial charge in [0.2, 0.25) is 0 Å². The van der Waals surface area contributed by atoms with Crippen molar-refractivity contribution in [1.29, 1.82) is 0 Å². The van der Waals surface area contributed by atoms with E-state index in [1.165, 1.54) is 0 Å². The van der Waals surface area contributed by atoms with Gasteiger partial charge in [0.15, 0.2) is 0 Å². The number of hydrogen-bond donors (Lipinski definition) is 0. The molecular weight excluding hydrogens is 108 g/mol. The van der Waals surface area contributed by atoms with Gasteiger partial charge in [-0.25, -0.2) is 0 Å². The molecule has 1 aliphatic rings. The maximum atomic E-state index is 4.58. The van der Waals surface area contributed by atoms with Gasteiger partial charge in [0.1, 0.15) is 6.04 Å². The molecule has 0 radical (unpaired) electrons. The first kappa shape index (κ1) is 4.59. The van der Waals surface area contributed by atoms with Crippen molar-refractivity contribution >= 4 is 17.6 Å². The van der Waals surface area contributed by atoms with Crippen LogP contribution < -0.4 is 0 Å². The molecule has 36 valence electrons. The molecule has 0 saturated carbocycles. The quantitative estimate of drug-likeness (QED) is 0.470. The van der Waals surface area contributed by atoms with Crippen LogP contribution in [-0.4, -0.2) is 11.4 Å². The molecule has 7 heavy (non-hydrogen) atoms. The predicted octanol–water partition coefficient (Wildman–Crippen LogP) is 1.33. The summed E-state index contributed by atoms with van der Waals surface area (Å²) < 4.78 is 0. The summed E-state index contributed by atoms with van der Waals surface area (Å²) in [7, 11) is 0. The summed E-state index contributed by atoms with van der Waals surface area (Å²) in [5, 5.41) is 8.87. The van der Waals surface area contributed by atoms with Crippen LogP contribution in [0.5, 0.6) is 0 Å². The van der Waals surface area contributed by atoms with Crippen molar-refractivity contribution in [2.45, 2.75) is 6.04 Å². The Morgan fingerprint density at radius 3 is 2.86 bits per heavy atom. The molecule has 3 heteroatoms. The van der Waals surface area contributed by atoms with Crippen LogP contribution in [-0.2, 0) is 0 Å². The molecule has 0 fully saturated rings. The van der Waals surface area contributed by atoms with E-state index in [9.17, 15) is 0 Å². The lowest BCUT2D eigenvalue weighted by Crippen LogP contribution is -1.93. The van der Waals surface area contributed by atoms with Crippen LogP contribution in [0, 0.1) is 0 Å². The van der Waals surface area contributed by atoms with E-state index in [0.29, 0.717) is 0 Å². The summed E-state index contributed by atoms with van der Waals surface area (Å²) >= 11 is 4.58. The van der Waals surface area contributed by atoms with Crippen molar-refractivity contribution in [1.82, 2.24) is 0 Å². The molecule has 0 N–H and O–H groups in total. The zero-order valence-corrected chi connectivity index (χ0v) is 4.43. The monoisotopic (exact) mass is 112 g/mol. The fourth-order valence-electron chi connectivity index (χ4n) is 0.353. The van der Waals surface area contributed by atoms with E-state index in [1.54, 1.807) is 11.6 Å². The van der Waals surface area contributed by atoms with Gasteiger partial charge in [-0.15, -0.1) is 0 Å². The van der Waals surface area contributed by atoms with E-state index in [4.69, 9.17) is 0 Å². The first-order valence-electron chi connectivity index (χ1n) is 1.95. The minimum atomic E-state index is 0.0648. The average Bonchev–Trinajstić information content (AvgIpc) is 2.14. The van der Waals surface area contributed by atoms with Gasteiger partial charge in [-0.3, -0.25) is 0 Å². The number of thiocarbonyl (C=S) groups is 1. The minimum Gasteiger partial charge on any atom is -0.177 e. The Labute approximate surface area is 46.9 Å². The largest absolute Gasteiger partial charge is 0.177 e. The Balaban J connectivity index is 2.59. The molecular formula is C4H4N2S. The van der Waals surface area contributed by atoms with Crippen LogP contribution in [0.25, 0.3) is 0 Å². The molecule has 2 nitrogen and oxygen atoms in total. The van der Waals surface area contributed by atoms with Gasteiger partial charge >= 0.3 is 0 Å². The second-order valence-electron chi connectivity index (χ2n) is 1.20. The third kappa shape index (κ3) is 0.899. The summed E-state index contributed by atoms with van der Waals surface area (Å²) in [6.07, 6.45) is 3.49. The van der Waals surface area contributed by atoms with Gasteiger partial charge in [-0.1, -0.05) is 12.2 Å². The van der Waals surface area contributed by atoms with Gasteiger partial charge in [0.25, 0.3) is 0 Å². The van der Waals surface area contributed by atoms with Crippen LogP contribution in [0.4, 0.5) is 0 Å². The molecule has 1 rings (SSSR count). The summed E-state index contributed by atoms with van der Waals surface area (Å²) in [6, 6.07) is 0.0648. The molecule has 1 aliphatic heterocycles. The van der Waals surface area contributed by atoms with Gasteiger partial charge in [0.05, 0.1) is 0 Å². The topological polar surface area (TPSA) is 24.7 Å². The lowest BCUT2D eigenvalue weighted by atomic mass is 10.4. The van der Waals surface area contributed by atoms with Crippen molar-refractivity contribution in [3.8, 4) is 0 Å². The van der Waals surface area contributed by atoms with Crippen LogP contribution in [0.2, 0.25) is 0 Å².